The van der Waals surface area contributed by atoms with Gasteiger partial charge in [-0.15, -0.1) is 0 Å². The van der Waals surface area contributed by atoms with Crippen molar-refractivity contribution < 1.29 is 14.0 Å². The SMILES string of the molecule is CC1(C)C(C(=O)c2cc3c(cc2F)NC(=O)CC3)C1(C)C. The van der Waals surface area contributed by atoms with Crippen LogP contribution in [-0.2, 0) is 11.2 Å². The maximum Gasteiger partial charge on any atom is 0.224 e. The number of amides is 1. The van der Waals surface area contributed by atoms with Gasteiger partial charge in [0.1, 0.15) is 5.82 Å². The Morgan fingerprint density at radius 1 is 1.19 bits per heavy atom. The molecule has 3 rings (SSSR count). The van der Waals surface area contributed by atoms with Gasteiger partial charge in [-0.25, -0.2) is 4.39 Å². The number of fused-ring (bicyclic) bond motifs is 1. The molecule has 3 nitrogen and oxygen atoms in total. The molecule has 0 spiro atoms. The summed E-state index contributed by atoms with van der Waals surface area (Å²) in [7, 11) is 0. The van der Waals surface area contributed by atoms with E-state index in [1.807, 2.05) is 27.7 Å². The number of benzene rings is 1. The summed E-state index contributed by atoms with van der Waals surface area (Å²) in [5.41, 5.74) is 1.28. The zero-order chi connectivity index (χ0) is 15.6. The van der Waals surface area contributed by atoms with Crippen LogP contribution in [0.1, 0.15) is 50.0 Å². The average Bonchev–Trinajstić information content (AvgIpc) is 2.78. The van der Waals surface area contributed by atoms with Crippen LogP contribution in [-0.4, -0.2) is 11.7 Å². The van der Waals surface area contributed by atoms with Gasteiger partial charge in [0.25, 0.3) is 0 Å². The van der Waals surface area contributed by atoms with Crippen molar-refractivity contribution in [3.05, 3.63) is 29.1 Å². The van der Waals surface area contributed by atoms with Crippen LogP contribution in [0.5, 0.6) is 0 Å². The van der Waals surface area contributed by atoms with Crippen molar-refractivity contribution in [1.82, 2.24) is 0 Å². The van der Waals surface area contributed by atoms with E-state index >= 15 is 0 Å². The highest BCUT2D eigenvalue weighted by Gasteiger charge is 2.68. The Balaban J connectivity index is 1.97. The van der Waals surface area contributed by atoms with Crippen molar-refractivity contribution in [2.24, 2.45) is 16.7 Å². The van der Waals surface area contributed by atoms with Crippen LogP contribution in [0.4, 0.5) is 10.1 Å². The smallest absolute Gasteiger partial charge is 0.224 e. The van der Waals surface area contributed by atoms with E-state index in [-0.39, 0.29) is 34.0 Å². The first-order chi connectivity index (χ1) is 9.66. The number of anilines is 1. The minimum absolute atomic E-state index is 0.106. The van der Waals surface area contributed by atoms with Gasteiger partial charge in [0.2, 0.25) is 5.91 Å². The molecule has 0 aromatic heterocycles. The van der Waals surface area contributed by atoms with E-state index in [1.165, 1.54) is 6.07 Å². The van der Waals surface area contributed by atoms with E-state index in [4.69, 9.17) is 0 Å². The van der Waals surface area contributed by atoms with E-state index in [0.717, 1.165) is 5.56 Å². The topological polar surface area (TPSA) is 46.2 Å². The minimum atomic E-state index is -0.542. The fraction of sp³-hybridized carbons (Fsp3) is 0.529. The molecule has 4 heteroatoms. The number of Topliss-reactive ketones (excluding diaryl/α,β-unsaturated/α-hetero) is 1. The van der Waals surface area contributed by atoms with E-state index in [0.29, 0.717) is 18.5 Å². The Labute approximate surface area is 123 Å². The van der Waals surface area contributed by atoms with Gasteiger partial charge in [-0.2, -0.15) is 0 Å². The number of ketones is 1. The van der Waals surface area contributed by atoms with Crippen molar-refractivity contribution in [3.63, 3.8) is 0 Å². The van der Waals surface area contributed by atoms with Crippen LogP contribution >= 0.6 is 0 Å². The summed E-state index contributed by atoms with van der Waals surface area (Å²) in [4.78, 5) is 24.0. The number of hydrogen-bond donors (Lipinski definition) is 1. The highest BCUT2D eigenvalue weighted by molar-refractivity contribution is 6.03. The van der Waals surface area contributed by atoms with Crippen molar-refractivity contribution >= 4 is 17.4 Å². The number of carbonyl (C=O) groups excluding carboxylic acids is 2. The molecular formula is C17H20FNO2. The summed E-state index contributed by atoms with van der Waals surface area (Å²) >= 11 is 0. The summed E-state index contributed by atoms with van der Waals surface area (Å²) in [5.74, 6) is -0.928. The summed E-state index contributed by atoms with van der Waals surface area (Å²) in [6, 6.07) is 2.90. The number of nitrogens with one attached hydrogen (secondary N) is 1. The second-order valence-electron chi connectivity index (χ2n) is 7.28. The largest absolute Gasteiger partial charge is 0.326 e. The maximum atomic E-state index is 14.3. The molecule has 21 heavy (non-hydrogen) atoms. The van der Waals surface area contributed by atoms with Crippen LogP contribution in [0.2, 0.25) is 0 Å². The highest BCUT2D eigenvalue weighted by Crippen LogP contribution is 2.69. The second kappa shape index (κ2) is 4.15. The lowest BCUT2D eigenvalue weighted by atomic mass is 9.95. The molecule has 1 saturated carbocycles. The molecule has 0 saturated heterocycles. The van der Waals surface area contributed by atoms with Crippen LogP contribution in [0, 0.1) is 22.6 Å². The molecule has 2 aliphatic rings. The summed E-state index contributed by atoms with van der Waals surface area (Å²) < 4.78 is 14.3. The van der Waals surface area contributed by atoms with E-state index in [2.05, 4.69) is 5.32 Å². The molecule has 112 valence electrons. The molecule has 1 amide bonds. The monoisotopic (exact) mass is 289 g/mol. The Kier molecular flexibility index (Phi) is 2.81. The zero-order valence-electron chi connectivity index (χ0n) is 12.8. The third-order valence-electron chi connectivity index (χ3n) is 5.64. The number of hydrogen-bond acceptors (Lipinski definition) is 2. The predicted molar refractivity (Wildman–Crippen MR) is 78.7 cm³/mol. The van der Waals surface area contributed by atoms with Crippen LogP contribution in [0.3, 0.4) is 0 Å². The Morgan fingerprint density at radius 2 is 1.81 bits per heavy atom. The molecule has 1 fully saturated rings. The molecular weight excluding hydrogens is 269 g/mol. The molecule has 0 bridgehead atoms. The van der Waals surface area contributed by atoms with Crippen LogP contribution in [0.15, 0.2) is 12.1 Å². The van der Waals surface area contributed by atoms with Gasteiger partial charge in [-0.3, -0.25) is 9.59 Å². The Morgan fingerprint density at radius 3 is 2.38 bits per heavy atom. The molecule has 1 aromatic rings. The van der Waals surface area contributed by atoms with Gasteiger partial charge in [0.05, 0.1) is 5.56 Å². The second-order valence-corrected chi connectivity index (χ2v) is 7.28. The first-order valence-electron chi connectivity index (χ1n) is 7.33. The fourth-order valence-electron chi connectivity index (χ4n) is 3.60. The molecule has 1 aromatic carbocycles. The van der Waals surface area contributed by atoms with Gasteiger partial charge in [0.15, 0.2) is 5.78 Å². The van der Waals surface area contributed by atoms with E-state index < -0.39 is 5.82 Å². The lowest BCUT2D eigenvalue weighted by molar-refractivity contribution is -0.116. The fourth-order valence-corrected chi connectivity index (χ4v) is 3.60. The van der Waals surface area contributed by atoms with Crippen molar-refractivity contribution in [2.45, 2.75) is 40.5 Å². The molecule has 0 unspecified atom stereocenters. The molecule has 1 aliphatic carbocycles. The lowest BCUT2D eigenvalue weighted by Crippen LogP contribution is -2.20. The molecule has 0 atom stereocenters. The molecule has 1 heterocycles. The summed E-state index contributed by atoms with van der Waals surface area (Å²) in [6.07, 6.45) is 0.936. The summed E-state index contributed by atoms with van der Waals surface area (Å²) in [6.45, 7) is 8.19. The molecule has 0 radical (unpaired) electrons. The van der Waals surface area contributed by atoms with Gasteiger partial charge < -0.3 is 5.32 Å². The van der Waals surface area contributed by atoms with Gasteiger partial charge in [-0.05, 0) is 34.9 Å². The first-order valence-corrected chi connectivity index (χ1v) is 7.33. The highest BCUT2D eigenvalue weighted by atomic mass is 19.1. The van der Waals surface area contributed by atoms with Gasteiger partial charge in [0, 0.05) is 18.0 Å². The lowest BCUT2D eigenvalue weighted by Gasteiger charge is -2.18. The Hall–Kier alpha value is -1.71. The Bertz CT molecular complexity index is 647. The van der Waals surface area contributed by atoms with Crippen LogP contribution in [0.25, 0.3) is 0 Å². The van der Waals surface area contributed by atoms with Crippen molar-refractivity contribution in [3.8, 4) is 0 Å². The average molecular weight is 289 g/mol. The van der Waals surface area contributed by atoms with Gasteiger partial charge >= 0.3 is 0 Å². The van der Waals surface area contributed by atoms with Crippen molar-refractivity contribution in [1.29, 1.82) is 0 Å². The third kappa shape index (κ3) is 1.92. The standard InChI is InChI=1S/C17H20FNO2/c1-16(2)15(17(16,3)4)14(21)10-7-9-5-6-13(20)19-12(9)8-11(10)18/h7-8,15H,5-6H2,1-4H3,(H,19,20). The van der Waals surface area contributed by atoms with E-state index in [9.17, 15) is 14.0 Å². The number of aryl methyl sites for hydroxylation is 1. The predicted octanol–water partition coefficient (Wildman–Crippen LogP) is 3.58. The number of rotatable bonds is 2. The quantitative estimate of drug-likeness (QED) is 0.846. The molecule has 1 aliphatic heterocycles. The van der Waals surface area contributed by atoms with Gasteiger partial charge in [-0.1, -0.05) is 27.7 Å². The number of halogens is 1. The third-order valence-corrected chi connectivity index (χ3v) is 5.64. The number of carbonyl (C=O) groups is 2. The van der Waals surface area contributed by atoms with E-state index in [1.54, 1.807) is 6.07 Å². The molecule has 1 N–H and O–H groups in total. The maximum absolute atomic E-state index is 14.3. The normalized spacial score (nSPS) is 22.4. The van der Waals surface area contributed by atoms with Crippen molar-refractivity contribution in [2.75, 3.05) is 5.32 Å². The first kappa shape index (κ1) is 14.2. The summed E-state index contributed by atoms with van der Waals surface area (Å²) in [5, 5.41) is 2.65. The minimum Gasteiger partial charge on any atom is -0.326 e. The van der Waals surface area contributed by atoms with Crippen LogP contribution < -0.4 is 5.32 Å². The zero-order valence-corrected chi connectivity index (χ0v) is 12.8.